The molecule has 0 saturated carbocycles. The topological polar surface area (TPSA) is 119 Å². The Hall–Kier alpha value is -4.53. The predicted octanol–water partition coefficient (Wildman–Crippen LogP) is 3.36. The number of aromatic nitrogens is 4. The first kappa shape index (κ1) is 23.2. The van der Waals surface area contributed by atoms with Crippen molar-refractivity contribution in [1.82, 2.24) is 30.0 Å². The minimum atomic E-state index is -0.120. The molecule has 1 atom stereocenters. The maximum Gasteiger partial charge on any atom is 0.251 e. The summed E-state index contributed by atoms with van der Waals surface area (Å²) in [6.07, 6.45) is 4.53. The van der Waals surface area contributed by atoms with Crippen LogP contribution in [-0.4, -0.2) is 49.6 Å². The summed E-state index contributed by atoms with van der Waals surface area (Å²) in [4.78, 5) is 35.0. The number of hydrogen-bond acceptors (Lipinski definition) is 6. The Labute approximate surface area is 208 Å². The van der Waals surface area contributed by atoms with Crippen LogP contribution in [0.3, 0.4) is 0 Å². The molecule has 9 nitrogen and oxygen atoms in total. The van der Waals surface area contributed by atoms with Gasteiger partial charge in [-0.2, -0.15) is 5.10 Å². The number of piperidine rings is 1. The van der Waals surface area contributed by atoms with E-state index in [4.69, 9.17) is 10.8 Å². The second-order valence-corrected chi connectivity index (χ2v) is 8.78. The van der Waals surface area contributed by atoms with Crippen molar-refractivity contribution >= 4 is 28.7 Å². The largest absolute Gasteiger partial charge is 0.383 e. The Morgan fingerprint density at radius 2 is 1.89 bits per heavy atom. The van der Waals surface area contributed by atoms with Crippen molar-refractivity contribution in [2.24, 2.45) is 0 Å². The molecule has 0 aliphatic carbocycles. The van der Waals surface area contributed by atoms with Gasteiger partial charge in [-0.3, -0.25) is 9.59 Å². The van der Waals surface area contributed by atoms with Gasteiger partial charge in [-0.15, -0.1) is 0 Å². The van der Waals surface area contributed by atoms with E-state index in [2.05, 4.69) is 21.9 Å². The molecule has 182 valence electrons. The first-order chi connectivity index (χ1) is 17.5. The van der Waals surface area contributed by atoms with Crippen LogP contribution in [0.25, 0.3) is 22.3 Å². The van der Waals surface area contributed by atoms with Crippen LogP contribution < -0.4 is 11.1 Å². The molecule has 1 aliphatic rings. The van der Waals surface area contributed by atoms with Gasteiger partial charge in [0.1, 0.15) is 17.8 Å². The summed E-state index contributed by atoms with van der Waals surface area (Å²) in [5.74, 6) is 0.154. The lowest BCUT2D eigenvalue weighted by molar-refractivity contribution is -0.127. The molecule has 9 heteroatoms. The van der Waals surface area contributed by atoms with Crippen molar-refractivity contribution in [1.29, 1.82) is 0 Å². The zero-order valence-corrected chi connectivity index (χ0v) is 19.8. The fourth-order valence-electron chi connectivity index (χ4n) is 4.59. The minimum absolute atomic E-state index is 0.0272. The number of nitrogen functional groups attached to an aromatic ring is 1. The molecule has 0 radical (unpaired) electrons. The number of nitrogens with two attached hydrogens (primary N) is 1. The van der Waals surface area contributed by atoms with Crippen LogP contribution in [0, 0.1) is 0 Å². The van der Waals surface area contributed by atoms with Crippen LogP contribution in [0.1, 0.15) is 34.8 Å². The maximum absolute atomic E-state index is 12.3. The number of rotatable bonds is 6. The van der Waals surface area contributed by atoms with Crippen molar-refractivity contribution < 1.29 is 9.59 Å². The molecule has 5 rings (SSSR count). The van der Waals surface area contributed by atoms with Crippen molar-refractivity contribution in [2.45, 2.75) is 25.4 Å². The molecule has 0 spiro atoms. The Morgan fingerprint density at radius 1 is 1.11 bits per heavy atom. The van der Waals surface area contributed by atoms with Gasteiger partial charge in [0.05, 0.1) is 11.4 Å². The molecule has 1 unspecified atom stereocenters. The third kappa shape index (κ3) is 4.55. The van der Waals surface area contributed by atoms with Gasteiger partial charge in [0.15, 0.2) is 5.65 Å². The van der Waals surface area contributed by atoms with Crippen molar-refractivity contribution in [2.75, 3.05) is 18.8 Å². The number of fused-ring (bicyclic) bond motifs is 1. The number of benzene rings is 2. The number of likely N-dealkylation sites (tertiary alicyclic amines) is 1. The first-order valence-corrected chi connectivity index (χ1v) is 11.9. The molecule has 1 fully saturated rings. The van der Waals surface area contributed by atoms with E-state index in [0.29, 0.717) is 47.7 Å². The normalized spacial score (nSPS) is 15.6. The summed E-state index contributed by atoms with van der Waals surface area (Å²) in [7, 11) is 0. The number of carbonyl (C=O) groups excluding carboxylic acids is 2. The molecule has 4 aromatic rings. The van der Waals surface area contributed by atoms with E-state index in [9.17, 15) is 9.59 Å². The fraction of sp³-hybridized carbons (Fsp3) is 0.222. The van der Waals surface area contributed by atoms with Crippen LogP contribution in [0.4, 0.5) is 5.82 Å². The third-order valence-electron chi connectivity index (χ3n) is 6.46. The molecule has 2 aromatic heterocycles. The number of anilines is 1. The van der Waals surface area contributed by atoms with Crippen LogP contribution in [0.2, 0.25) is 0 Å². The van der Waals surface area contributed by atoms with E-state index in [1.54, 1.807) is 17.0 Å². The molecule has 1 aliphatic heterocycles. The highest BCUT2D eigenvalue weighted by atomic mass is 16.2. The predicted molar refractivity (Wildman–Crippen MR) is 138 cm³/mol. The SMILES string of the molecule is C=CC(=O)N1CCCC(n2nc(-c3ccc(CNC(=O)c4ccccc4)cc3)c3c(N)ncnc32)C1. The summed E-state index contributed by atoms with van der Waals surface area (Å²) < 4.78 is 1.87. The fourth-order valence-corrected chi connectivity index (χ4v) is 4.59. The Bertz CT molecular complexity index is 1410. The molecule has 3 N–H and O–H groups in total. The van der Waals surface area contributed by atoms with Crippen LogP contribution in [-0.2, 0) is 11.3 Å². The Balaban J connectivity index is 1.40. The smallest absolute Gasteiger partial charge is 0.251 e. The number of nitrogens with one attached hydrogen (secondary N) is 1. The third-order valence-corrected chi connectivity index (χ3v) is 6.46. The molecule has 36 heavy (non-hydrogen) atoms. The molecule has 0 bridgehead atoms. The highest BCUT2D eigenvalue weighted by molar-refractivity contribution is 5.98. The lowest BCUT2D eigenvalue weighted by atomic mass is 10.1. The summed E-state index contributed by atoms with van der Waals surface area (Å²) in [6, 6.07) is 16.9. The van der Waals surface area contributed by atoms with E-state index in [1.165, 1.54) is 12.4 Å². The minimum Gasteiger partial charge on any atom is -0.383 e. The van der Waals surface area contributed by atoms with Gasteiger partial charge in [-0.05, 0) is 36.6 Å². The van der Waals surface area contributed by atoms with E-state index in [-0.39, 0.29) is 17.9 Å². The van der Waals surface area contributed by atoms with Crippen molar-refractivity contribution in [3.63, 3.8) is 0 Å². The summed E-state index contributed by atoms with van der Waals surface area (Å²) in [5, 5.41) is 8.54. The lowest BCUT2D eigenvalue weighted by Gasteiger charge is -2.32. The van der Waals surface area contributed by atoms with Gasteiger partial charge in [0, 0.05) is 30.8 Å². The number of hydrogen-bond donors (Lipinski definition) is 2. The lowest BCUT2D eigenvalue weighted by Crippen LogP contribution is -2.40. The molecule has 3 heterocycles. The summed E-state index contributed by atoms with van der Waals surface area (Å²) in [5.41, 5.74) is 10.1. The average molecular weight is 482 g/mol. The van der Waals surface area contributed by atoms with Crippen molar-refractivity contribution in [3.8, 4) is 11.3 Å². The van der Waals surface area contributed by atoms with Crippen LogP contribution in [0.15, 0.2) is 73.6 Å². The van der Waals surface area contributed by atoms with E-state index >= 15 is 0 Å². The van der Waals surface area contributed by atoms with Gasteiger partial charge in [-0.25, -0.2) is 14.6 Å². The van der Waals surface area contributed by atoms with E-state index < -0.39 is 0 Å². The second kappa shape index (κ2) is 9.99. The standard InChI is InChI=1S/C27H27N7O2/c1-2-22(35)33-14-6-9-21(16-33)34-26-23(25(28)30-17-31-26)24(32-34)19-12-10-18(11-13-19)15-29-27(36)20-7-4-3-5-8-20/h2-5,7-8,10-13,17,21H,1,6,9,14-16H2,(H,29,36)(H2,28,30,31). The van der Waals surface area contributed by atoms with E-state index in [1.807, 2.05) is 47.1 Å². The van der Waals surface area contributed by atoms with Crippen LogP contribution >= 0.6 is 0 Å². The molecular weight excluding hydrogens is 454 g/mol. The number of carbonyl (C=O) groups is 2. The second-order valence-electron chi connectivity index (χ2n) is 8.78. The highest BCUT2D eigenvalue weighted by Gasteiger charge is 2.28. The summed E-state index contributed by atoms with van der Waals surface area (Å²) >= 11 is 0. The quantitative estimate of drug-likeness (QED) is 0.408. The summed E-state index contributed by atoms with van der Waals surface area (Å²) in [6.45, 7) is 5.25. The number of amides is 2. The van der Waals surface area contributed by atoms with Crippen molar-refractivity contribution in [3.05, 3.63) is 84.7 Å². The zero-order chi connectivity index (χ0) is 25.1. The maximum atomic E-state index is 12.3. The Morgan fingerprint density at radius 3 is 2.64 bits per heavy atom. The monoisotopic (exact) mass is 481 g/mol. The van der Waals surface area contributed by atoms with Gasteiger partial charge >= 0.3 is 0 Å². The molecule has 2 amide bonds. The van der Waals surface area contributed by atoms with E-state index in [0.717, 1.165) is 24.0 Å². The number of nitrogens with zero attached hydrogens (tertiary/aromatic N) is 5. The zero-order valence-electron chi connectivity index (χ0n) is 19.8. The molecule has 2 aromatic carbocycles. The van der Waals surface area contributed by atoms with Gasteiger partial charge in [0.25, 0.3) is 5.91 Å². The molecular formula is C27H27N7O2. The van der Waals surface area contributed by atoms with Gasteiger partial charge < -0.3 is 16.0 Å². The van der Waals surface area contributed by atoms with Gasteiger partial charge in [0.2, 0.25) is 5.91 Å². The highest BCUT2D eigenvalue weighted by Crippen LogP contribution is 2.33. The molecule has 1 saturated heterocycles. The average Bonchev–Trinajstić information content (AvgIpc) is 3.33. The first-order valence-electron chi connectivity index (χ1n) is 11.9. The Kier molecular flexibility index (Phi) is 6.44. The van der Waals surface area contributed by atoms with Gasteiger partial charge in [-0.1, -0.05) is 49.0 Å². The van der Waals surface area contributed by atoms with Crippen LogP contribution in [0.5, 0.6) is 0 Å².